The SMILES string of the molecule is CC1(C)C[C@@H](NCC[C@@](C)(c2ccccc2)c2cccc(C(F)(F)F)c2)CCO1. The molecule has 2 aromatic carbocycles. The number of halogens is 3. The first-order chi connectivity index (χ1) is 13.6. The maximum atomic E-state index is 13.3. The third-order valence-electron chi connectivity index (χ3n) is 5.99. The van der Waals surface area contributed by atoms with Crippen LogP contribution in [0.2, 0.25) is 0 Å². The van der Waals surface area contributed by atoms with Crippen molar-refractivity contribution < 1.29 is 17.9 Å². The van der Waals surface area contributed by atoms with E-state index in [0.717, 1.165) is 37.6 Å². The Kier molecular flexibility index (Phi) is 6.39. The Morgan fingerprint density at radius 3 is 2.31 bits per heavy atom. The quantitative estimate of drug-likeness (QED) is 0.641. The predicted molar refractivity (Wildman–Crippen MR) is 110 cm³/mol. The Balaban J connectivity index is 1.82. The van der Waals surface area contributed by atoms with Crippen LogP contribution in [0, 0.1) is 0 Å². The third kappa shape index (κ3) is 5.40. The van der Waals surface area contributed by atoms with Gasteiger partial charge in [0, 0.05) is 18.1 Å². The van der Waals surface area contributed by atoms with E-state index in [0.29, 0.717) is 18.0 Å². The van der Waals surface area contributed by atoms with Crippen molar-refractivity contribution >= 4 is 0 Å². The zero-order valence-electron chi connectivity index (χ0n) is 17.4. The highest BCUT2D eigenvalue weighted by atomic mass is 19.4. The molecule has 158 valence electrons. The molecular weight excluding hydrogens is 375 g/mol. The van der Waals surface area contributed by atoms with Gasteiger partial charge in [0.05, 0.1) is 11.2 Å². The minimum Gasteiger partial charge on any atom is -0.375 e. The van der Waals surface area contributed by atoms with Crippen molar-refractivity contribution in [3.63, 3.8) is 0 Å². The molecule has 0 aliphatic carbocycles. The molecular formula is C24H30F3NO. The van der Waals surface area contributed by atoms with Gasteiger partial charge in [0.25, 0.3) is 0 Å². The van der Waals surface area contributed by atoms with Crippen LogP contribution in [0.25, 0.3) is 0 Å². The lowest BCUT2D eigenvalue weighted by molar-refractivity contribution is -0.137. The Hall–Kier alpha value is -1.85. The van der Waals surface area contributed by atoms with E-state index < -0.39 is 17.2 Å². The number of rotatable bonds is 6. The van der Waals surface area contributed by atoms with Crippen LogP contribution in [0.15, 0.2) is 54.6 Å². The van der Waals surface area contributed by atoms with Crippen LogP contribution in [0.5, 0.6) is 0 Å². The van der Waals surface area contributed by atoms with Gasteiger partial charge in [-0.15, -0.1) is 0 Å². The van der Waals surface area contributed by atoms with Crippen LogP contribution < -0.4 is 5.32 Å². The molecule has 1 heterocycles. The fourth-order valence-corrected chi connectivity index (χ4v) is 4.23. The van der Waals surface area contributed by atoms with E-state index in [2.05, 4.69) is 19.2 Å². The van der Waals surface area contributed by atoms with Crippen molar-refractivity contribution in [2.24, 2.45) is 0 Å². The maximum absolute atomic E-state index is 13.3. The number of benzene rings is 2. The molecule has 1 fully saturated rings. The monoisotopic (exact) mass is 405 g/mol. The summed E-state index contributed by atoms with van der Waals surface area (Å²) in [5, 5.41) is 3.62. The molecule has 1 aliphatic heterocycles. The smallest absolute Gasteiger partial charge is 0.375 e. The Morgan fingerprint density at radius 1 is 1.00 bits per heavy atom. The molecule has 5 heteroatoms. The first-order valence-corrected chi connectivity index (χ1v) is 10.2. The molecule has 3 rings (SSSR count). The molecule has 1 saturated heterocycles. The fourth-order valence-electron chi connectivity index (χ4n) is 4.23. The zero-order valence-corrected chi connectivity index (χ0v) is 17.4. The van der Waals surface area contributed by atoms with Crippen molar-refractivity contribution in [2.75, 3.05) is 13.2 Å². The lowest BCUT2D eigenvalue weighted by atomic mass is 9.73. The summed E-state index contributed by atoms with van der Waals surface area (Å²) in [6, 6.07) is 15.9. The van der Waals surface area contributed by atoms with Gasteiger partial charge >= 0.3 is 6.18 Å². The van der Waals surface area contributed by atoms with Gasteiger partial charge in [-0.2, -0.15) is 13.2 Å². The van der Waals surface area contributed by atoms with E-state index in [-0.39, 0.29) is 5.60 Å². The van der Waals surface area contributed by atoms with Gasteiger partial charge in [-0.25, -0.2) is 0 Å². The van der Waals surface area contributed by atoms with Gasteiger partial charge in [0.15, 0.2) is 0 Å². The van der Waals surface area contributed by atoms with E-state index in [1.54, 1.807) is 6.07 Å². The van der Waals surface area contributed by atoms with Crippen molar-refractivity contribution in [1.82, 2.24) is 5.32 Å². The summed E-state index contributed by atoms with van der Waals surface area (Å²) < 4.78 is 45.7. The van der Waals surface area contributed by atoms with Crippen LogP contribution in [0.1, 0.15) is 56.7 Å². The summed E-state index contributed by atoms with van der Waals surface area (Å²) in [5.74, 6) is 0. The summed E-state index contributed by atoms with van der Waals surface area (Å²) in [4.78, 5) is 0. The van der Waals surface area contributed by atoms with Crippen LogP contribution in [-0.4, -0.2) is 24.8 Å². The lowest BCUT2D eigenvalue weighted by Crippen LogP contribution is -2.44. The van der Waals surface area contributed by atoms with Gasteiger partial charge in [-0.05, 0) is 56.8 Å². The number of nitrogens with one attached hydrogen (secondary N) is 1. The van der Waals surface area contributed by atoms with E-state index in [1.807, 2.05) is 37.3 Å². The van der Waals surface area contributed by atoms with E-state index in [1.165, 1.54) is 12.1 Å². The van der Waals surface area contributed by atoms with Gasteiger partial charge in [-0.3, -0.25) is 0 Å². The zero-order chi connectivity index (χ0) is 21.1. The molecule has 0 bridgehead atoms. The number of hydrogen-bond acceptors (Lipinski definition) is 2. The standard InChI is InChI=1S/C24H30F3NO/c1-22(2)17-21(12-15-29-22)28-14-13-23(3,18-8-5-4-6-9-18)19-10-7-11-20(16-19)24(25,26)27/h4-11,16,21,28H,12-15,17H2,1-3H3/t21-,23-/m0/s1. The second-order valence-corrected chi connectivity index (χ2v) is 8.78. The molecule has 0 aromatic heterocycles. The molecule has 29 heavy (non-hydrogen) atoms. The molecule has 0 amide bonds. The average molecular weight is 406 g/mol. The van der Waals surface area contributed by atoms with Crippen LogP contribution >= 0.6 is 0 Å². The highest BCUT2D eigenvalue weighted by Crippen LogP contribution is 2.38. The van der Waals surface area contributed by atoms with Crippen LogP contribution in [-0.2, 0) is 16.3 Å². The summed E-state index contributed by atoms with van der Waals surface area (Å²) >= 11 is 0. The molecule has 0 unspecified atom stereocenters. The summed E-state index contributed by atoms with van der Waals surface area (Å²) in [7, 11) is 0. The molecule has 0 spiro atoms. The second-order valence-electron chi connectivity index (χ2n) is 8.78. The van der Waals surface area contributed by atoms with E-state index >= 15 is 0 Å². The Labute approximate surface area is 171 Å². The van der Waals surface area contributed by atoms with Gasteiger partial charge in [-0.1, -0.05) is 55.5 Å². The minimum absolute atomic E-state index is 0.139. The normalized spacial score (nSPS) is 21.5. The predicted octanol–water partition coefficient (Wildman–Crippen LogP) is 5.95. The summed E-state index contributed by atoms with van der Waals surface area (Å²) in [6.07, 6.45) is -1.76. The largest absolute Gasteiger partial charge is 0.416 e. The fraction of sp³-hybridized carbons (Fsp3) is 0.500. The average Bonchev–Trinajstić information content (AvgIpc) is 2.67. The topological polar surface area (TPSA) is 21.3 Å². The molecule has 2 nitrogen and oxygen atoms in total. The van der Waals surface area contributed by atoms with Crippen molar-refractivity contribution in [2.45, 2.75) is 63.3 Å². The number of ether oxygens (including phenoxy) is 1. The molecule has 0 radical (unpaired) electrons. The Bertz CT molecular complexity index is 803. The van der Waals surface area contributed by atoms with Crippen molar-refractivity contribution in [3.8, 4) is 0 Å². The highest BCUT2D eigenvalue weighted by molar-refractivity contribution is 5.40. The molecule has 1 N–H and O–H groups in total. The van der Waals surface area contributed by atoms with Gasteiger partial charge in [0.2, 0.25) is 0 Å². The minimum atomic E-state index is -4.35. The second kappa shape index (κ2) is 8.49. The van der Waals surface area contributed by atoms with Crippen LogP contribution in [0.4, 0.5) is 13.2 Å². The number of hydrogen-bond donors (Lipinski definition) is 1. The van der Waals surface area contributed by atoms with Crippen molar-refractivity contribution in [3.05, 3.63) is 71.3 Å². The first-order valence-electron chi connectivity index (χ1n) is 10.2. The molecule has 1 aliphatic rings. The van der Waals surface area contributed by atoms with Crippen molar-refractivity contribution in [1.29, 1.82) is 0 Å². The Morgan fingerprint density at radius 2 is 1.66 bits per heavy atom. The molecule has 0 saturated carbocycles. The third-order valence-corrected chi connectivity index (χ3v) is 5.99. The van der Waals surface area contributed by atoms with Crippen LogP contribution in [0.3, 0.4) is 0 Å². The van der Waals surface area contributed by atoms with Gasteiger partial charge in [0.1, 0.15) is 0 Å². The van der Waals surface area contributed by atoms with E-state index in [9.17, 15) is 13.2 Å². The summed E-state index contributed by atoms with van der Waals surface area (Å²) in [5.41, 5.74) is 0.452. The maximum Gasteiger partial charge on any atom is 0.416 e. The molecule has 2 aromatic rings. The molecule has 2 atom stereocenters. The van der Waals surface area contributed by atoms with E-state index in [4.69, 9.17) is 4.74 Å². The number of alkyl halides is 3. The van der Waals surface area contributed by atoms with Gasteiger partial charge < -0.3 is 10.1 Å². The highest BCUT2D eigenvalue weighted by Gasteiger charge is 2.35. The summed E-state index contributed by atoms with van der Waals surface area (Å²) in [6.45, 7) is 7.68. The first kappa shape index (κ1) is 21.8. The lowest BCUT2D eigenvalue weighted by Gasteiger charge is -2.37.